The summed E-state index contributed by atoms with van der Waals surface area (Å²) in [6.07, 6.45) is -2.46. The molecule has 0 radical (unpaired) electrons. The van der Waals surface area contributed by atoms with E-state index in [0.29, 0.717) is 18.7 Å². The molecule has 1 saturated carbocycles. The second-order valence-electron chi connectivity index (χ2n) is 4.60. The van der Waals surface area contributed by atoms with Gasteiger partial charge in [-0.15, -0.1) is 13.2 Å². The average molecular weight is 275 g/mol. The Hall–Kier alpha value is -1.27. The summed E-state index contributed by atoms with van der Waals surface area (Å²) in [7, 11) is 1.68. The smallest absolute Gasteiger partial charge is 0.406 e. The molecular formula is C13H16F3NO2. The van der Waals surface area contributed by atoms with Crippen molar-refractivity contribution in [3.8, 4) is 5.75 Å². The van der Waals surface area contributed by atoms with Gasteiger partial charge in [-0.25, -0.2) is 0 Å². The van der Waals surface area contributed by atoms with E-state index in [1.54, 1.807) is 19.2 Å². The van der Waals surface area contributed by atoms with Gasteiger partial charge in [-0.1, -0.05) is 12.1 Å². The van der Waals surface area contributed by atoms with E-state index in [9.17, 15) is 13.2 Å². The number of methoxy groups -OCH3 is 1. The highest BCUT2D eigenvalue weighted by Gasteiger charge is 2.31. The van der Waals surface area contributed by atoms with Crippen LogP contribution in [-0.4, -0.2) is 25.6 Å². The van der Waals surface area contributed by atoms with E-state index in [0.717, 1.165) is 18.4 Å². The maximum atomic E-state index is 12.1. The molecule has 1 N–H and O–H groups in total. The first-order valence-corrected chi connectivity index (χ1v) is 6.07. The molecule has 1 aromatic rings. The van der Waals surface area contributed by atoms with Gasteiger partial charge >= 0.3 is 6.36 Å². The zero-order valence-corrected chi connectivity index (χ0v) is 10.5. The van der Waals surface area contributed by atoms with Crippen LogP contribution in [0.25, 0.3) is 0 Å². The largest absolute Gasteiger partial charge is 0.573 e. The van der Waals surface area contributed by atoms with Gasteiger partial charge in [0.25, 0.3) is 0 Å². The number of ether oxygens (including phenoxy) is 2. The van der Waals surface area contributed by atoms with Crippen LogP contribution in [0.15, 0.2) is 24.3 Å². The maximum absolute atomic E-state index is 12.1. The molecule has 0 aromatic heterocycles. The fourth-order valence-electron chi connectivity index (χ4n) is 2.04. The molecule has 0 atom stereocenters. The van der Waals surface area contributed by atoms with Crippen LogP contribution in [0.2, 0.25) is 0 Å². The lowest BCUT2D eigenvalue weighted by Gasteiger charge is -2.34. The van der Waals surface area contributed by atoms with Crippen molar-refractivity contribution in [1.82, 2.24) is 5.32 Å². The Morgan fingerprint density at radius 3 is 2.68 bits per heavy atom. The second-order valence-corrected chi connectivity index (χ2v) is 4.60. The van der Waals surface area contributed by atoms with Gasteiger partial charge in [0.05, 0.1) is 6.10 Å². The van der Waals surface area contributed by atoms with Crippen LogP contribution in [0, 0.1) is 0 Å². The number of alkyl halides is 3. The van der Waals surface area contributed by atoms with Crippen LogP contribution in [0.5, 0.6) is 5.75 Å². The summed E-state index contributed by atoms with van der Waals surface area (Å²) < 4.78 is 45.3. The number of hydrogen-bond donors (Lipinski definition) is 1. The Morgan fingerprint density at radius 2 is 2.05 bits per heavy atom. The van der Waals surface area contributed by atoms with Gasteiger partial charge < -0.3 is 14.8 Å². The third-order valence-electron chi connectivity index (χ3n) is 3.16. The number of rotatable bonds is 5. The molecule has 0 spiro atoms. The molecule has 0 aliphatic heterocycles. The quantitative estimate of drug-likeness (QED) is 0.896. The molecule has 0 heterocycles. The minimum Gasteiger partial charge on any atom is -0.406 e. The average Bonchev–Trinajstić information content (AvgIpc) is 2.25. The zero-order valence-electron chi connectivity index (χ0n) is 10.5. The molecule has 1 aliphatic carbocycles. The predicted octanol–water partition coefficient (Wildman–Crippen LogP) is 2.85. The third-order valence-corrected chi connectivity index (χ3v) is 3.16. The summed E-state index contributed by atoms with van der Waals surface area (Å²) in [5.41, 5.74) is 0.766. The molecule has 0 amide bonds. The van der Waals surface area contributed by atoms with Crippen molar-refractivity contribution in [2.45, 2.75) is 37.9 Å². The Labute approximate surface area is 109 Å². The number of hydrogen-bond acceptors (Lipinski definition) is 3. The van der Waals surface area contributed by atoms with Gasteiger partial charge in [-0.2, -0.15) is 0 Å². The maximum Gasteiger partial charge on any atom is 0.573 e. The lowest BCUT2D eigenvalue weighted by Crippen LogP contribution is -2.44. The highest BCUT2D eigenvalue weighted by Crippen LogP contribution is 2.25. The molecule has 1 aromatic carbocycles. The fourth-order valence-corrected chi connectivity index (χ4v) is 2.04. The van der Waals surface area contributed by atoms with E-state index >= 15 is 0 Å². The standard InChI is InChI=1S/C13H16F3NO2/c1-18-12-6-10(7-12)17-8-9-3-2-4-11(5-9)19-13(14,15)16/h2-5,10,12,17H,6-8H2,1H3. The molecule has 3 nitrogen and oxygen atoms in total. The van der Waals surface area contributed by atoms with Crippen LogP contribution in [0.3, 0.4) is 0 Å². The van der Waals surface area contributed by atoms with Crippen LogP contribution < -0.4 is 10.1 Å². The van der Waals surface area contributed by atoms with Gasteiger partial charge in [0.2, 0.25) is 0 Å². The molecule has 6 heteroatoms. The zero-order chi connectivity index (χ0) is 13.9. The fraction of sp³-hybridized carbons (Fsp3) is 0.538. The summed E-state index contributed by atoms with van der Waals surface area (Å²) in [4.78, 5) is 0. The Bertz CT molecular complexity index is 417. The van der Waals surface area contributed by atoms with E-state index in [-0.39, 0.29) is 5.75 Å². The van der Waals surface area contributed by atoms with Crippen molar-refractivity contribution in [3.05, 3.63) is 29.8 Å². The Kier molecular flexibility index (Phi) is 4.31. The lowest BCUT2D eigenvalue weighted by atomic mass is 9.89. The third kappa shape index (κ3) is 4.40. The van der Waals surface area contributed by atoms with Crippen LogP contribution in [0.4, 0.5) is 13.2 Å². The van der Waals surface area contributed by atoms with Crippen LogP contribution in [-0.2, 0) is 11.3 Å². The molecule has 0 bridgehead atoms. The summed E-state index contributed by atoms with van der Waals surface area (Å²) in [6.45, 7) is 0.524. The Balaban J connectivity index is 1.82. The highest BCUT2D eigenvalue weighted by molar-refractivity contribution is 5.28. The first kappa shape index (κ1) is 14.1. The minimum atomic E-state index is -4.65. The molecule has 1 fully saturated rings. The number of halogens is 3. The van der Waals surface area contributed by atoms with Crippen LogP contribution >= 0.6 is 0 Å². The first-order valence-electron chi connectivity index (χ1n) is 6.07. The SMILES string of the molecule is COC1CC(NCc2cccc(OC(F)(F)F)c2)C1. The summed E-state index contributed by atoms with van der Waals surface area (Å²) in [6, 6.07) is 6.38. The molecule has 2 rings (SSSR count). The monoisotopic (exact) mass is 275 g/mol. The topological polar surface area (TPSA) is 30.5 Å². The van der Waals surface area contributed by atoms with Gasteiger partial charge in [0.1, 0.15) is 5.75 Å². The van der Waals surface area contributed by atoms with Gasteiger partial charge in [0.15, 0.2) is 0 Å². The minimum absolute atomic E-state index is 0.185. The normalized spacial score (nSPS) is 22.9. The van der Waals surface area contributed by atoms with E-state index in [2.05, 4.69) is 10.1 Å². The molecule has 1 aliphatic rings. The van der Waals surface area contributed by atoms with Crippen molar-refractivity contribution >= 4 is 0 Å². The molecule has 0 unspecified atom stereocenters. The molecule has 0 saturated heterocycles. The van der Waals surface area contributed by atoms with Gasteiger partial charge in [-0.05, 0) is 30.5 Å². The van der Waals surface area contributed by atoms with Crippen LogP contribution in [0.1, 0.15) is 18.4 Å². The van der Waals surface area contributed by atoms with Gasteiger partial charge in [-0.3, -0.25) is 0 Å². The highest BCUT2D eigenvalue weighted by atomic mass is 19.4. The summed E-state index contributed by atoms with van der Waals surface area (Å²) >= 11 is 0. The summed E-state index contributed by atoms with van der Waals surface area (Å²) in [5.74, 6) is -0.185. The Morgan fingerprint density at radius 1 is 1.32 bits per heavy atom. The van der Waals surface area contributed by atoms with E-state index in [1.165, 1.54) is 12.1 Å². The second kappa shape index (κ2) is 5.79. The number of benzene rings is 1. The van der Waals surface area contributed by atoms with E-state index < -0.39 is 6.36 Å². The molecular weight excluding hydrogens is 259 g/mol. The van der Waals surface area contributed by atoms with E-state index in [1.807, 2.05) is 0 Å². The molecule has 106 valence electrons. The predicted molar refractivity (Wildman–Crippen MR) is 63.8 cm³/mol. The van der Waals surface area contributed by atoms with Gasteiger partial charge in [0, 0.05) is 19.7 Å². The number of nitrogens with one attached hydrogen (secondary N) is 1. The first-order chi connectivity index (χ1) is 8.96. The van der Waals surface area contributed by atoms with Crippen molar-refractivity contribution in [2.75, 3.05) is 7.11 Å². The van der Waals surface area contributed by atoms with Crippen molar-refractivity contribution in [1.29, 1.82) is 0 Å². The van der Waals surface area contributed by atoms with Crippen molar-refractivity contribution < 1.29 is 22.6 Å². The van der Waals surface area contributed by atoms with E-state index in [4.69, 9.17) is 4.74 Å². The van der Waals surface area contributed by atoms with Crippen molar-refractivity contribution in [3.63, 3.8) is 0 Å². The van der Waals surface area contributed by atoms with Crippen molar-refractivity contribution in [2.24, 2.45) is 0 Å². The lowest BCUT2D eigenvalue weighted by molar-refractivity contribution is -0.274. The summed E-state index contributed by atoms with van der Waals surface area (Å²) in [5, 5.41) is 3.27. The molecule has 19 heavy (non-hydrogen) atoms.